The summed E-state index contributed by atoms with van der Waals surface area (Å²) in [7, 11) is 0. The van der Waals surface area contributed by atoms with E-state index in [2.05, 4.69) is 15.5 Å². The molecule has 1 amide bonds. The van der Waals surface area contributed by atoms with Gasteiger partial charge in [-0.25, -0.2) is 4.79 Å². The Kier molecular flexibility index (Phi) is 5.51. The van der Waals surface area contributed by atoms with E-state index in [1.54, 1.807) is 12.1 Å². The van der Waals surface area contributed by atoms with Gasteiger partial charge in [0.1, 0.15) is 23.2 Å². The minimum absolute atomic E-state index is 0.160. The van der Waals surface area contributed by atoms with Crippen molar-refractivity contribution in [1.82, 2.24) is 15.5 Å². The first-order chi connectivity index (χ1) is 12.9. The number of carboxylic acids is 1. The van der Waals surface area contributed by atoms with Crippen molar-refractivity contribution < 1.29 is 29.0 Å². The average molecular weight is 373 g/mol. The lowest BCUT2D eigenvalue weighted by Gasteiger charge is -2.32. The third kappa shape index (κ3) is 4.50. The van der Waals surface area contributed by atoms with E-state index in [1.165, 1.54) is 25.1 Å². The monoisotopic (exact) mass is 373 g/mol. The molecule has 3 N–H and O–H groups in total. The third-order valence-electron chi connectivity index (χ3n) is 4.19. The molecular formula is C18H19N3O6. The maximum Gasteiger partial charge on any atom is 0.335 e. The molecule has 0 aliphatic carbocycles. The Labute approximate surface area is 154 Å². The molecule has 2 atom stereocenters. The van der Waals surface area contributed by atoms with Crippen molar-refractivity contribution >= 4 is 17.7 Å². The summed E-state index contributed by atoms with van der Waals surface area (Å²) in [5, 5.41) is 18.2. The first-order valence-corrected chi connectivity index (χ1v) is 8.39. The highest BCUT2D eigenvalue weighted by molar-refractivity contribution is 5.97. The van der Waals surface area contributed by atoms with Gasteiger partial charge < -0.3 is 19.9 Å². The zero-order valence-corrected chi connectivity index (χ0v) is 14.6. The number of carbonyl (C=O) groups is 3. The fourth-order valence-electron chi connectivity index (χ4n) is 2.71. The highest BCUT2D eigenvalue weighted by Crippen LogP contribution is 2.19. The summed E-state index contributed by atoms with van der Waals surface area (Å²) in [6.45, 7) is 2.13. The molecule has 0 bridgehead atoms. The number of carboxylic acid groups (broad SMARTS) is 1. The molecule has 0 radical (unpaired) electrons. The van der Waals surface area contributed by atoms with Crippen LogP contribution in [0.3, 0.4) is 0 Å². The number of ketones is 1. The molecule has 142 valence electrons. The Morgan fingerprint density at radius 2 is 2.04 bits per heavy atom. The second kappa shape index (κ2) is 8.00. The number of nitrogens with zero attached hydrogens (tertiary/aromatic N) is 1. The SMILES string of the molecule is CC(=O)c1cc(C(=O)N[C@@H]2CCOC[C@H]2Oc2ccc(C(=O)O)cc2)[nH]n1. The van der Waals surface area contributed by atoms with Gasteiger partial charge in [0.2, 0.25) is 0 Å². The van der Waals surface area contributed by atoms with Crippen LogP contribution in [0.15, 0.2) is 30.3 Å². The molecule has 9 nitrogen and oxygen atoms in total. The Balaban J connectivity index is 1.66. The summed E-state index contributed by atoms with van der Waals surface area (Å²) in [6.07, 6.45) is 0.116. The number of nitrogens with one attached hydrogen (secondary N) is 2. The largest absolute Gasteiger partial charge is 0.486 e. The fraction of sp³-hybridized carbons (Fsp3) is 0.333. The van der Waals surface area contributed by atoms with E-state index in [0.29, 0.717) is 18.8 Å². The highest BCUT2D eigenvalue weighted by Gasteiger charge is 2.30. The molecule has 1 aliphatic heterocycles. The first kappa shape index (κ1) is 18.6. The molecule has 27 heavy (non-hydrogen) atoms. The van der Waals surface area contributed by atoms with E-state index in [4.69, 9.17) is 14.6 Å². The van der Waals surface area contributed by atoms with E-state index in [-0.39, 0.29) is 35.4 Å². The number of carbonyl (C=O) groups excluding carboxylic acids is 2. The minimum Gasteiger partial charge on any atom is -0.486 e. The first-order valence-electron chi connectivity index (χ1n) is 8.39. The van der Waals surface area contributed by atoms with Crippen molar-refractivity contribution in [2.75, 3.05) is 13.2 Å². The molecule has 1 aromatic heterocycles. The molecule has 9 heteroatoms. The van der Waals surface area contributed by atoms with Gasteiger partial charge in [0.05, 0.1) is 18.2 Å². The van der Waals surface area contributed by atoms with E-state index < -0.39 is 18.0 Å². The Morgan fingerprint density at radius 1 is 1.30 bits per heavy atom. The van der Waals surface area contributed by atoms with Crippen LogP contribution in [0.5, 0.6) is 5.75 Å². The smallest absolute Gasteiger partial charge is 0.335 e. The molecule has 0 unspecified atom stereocenters. The van der Waals surface area contributed by atoms with Gasteiger partial charge in [-0.2, -0.15) is 5.10 Å². The zero-order chi connectivity index (χ0) is 19.4. The number of amides is 1. The van der Waals surface area contributed by atoms with Crippen LogP contribution in [0, 0.1) is 0 Å². The van der Waals surface area contributed by atoms with E-state index in [9.17, 15) is 14.4 Å². The van der Waals surface area contributed by atoms with Crippen LogP contribution in [0.25, 0.3) is 0 Å². The number of hydrogen-bond acceptors (Lipinski definition) is 6. The van der Waals surface area contributed by atoms with Crippen LogP contribution in [0.2, 0.25) is 0 Å². The molecule has 0 spiro atoms. The molecule has 1 saturated heterocycles. The van der Waals surface area contributed by atoms with Crippen LogP contribution in [0.4, 0.5) is 0 Å². The summed E-state index contributed by atoms with van der Waals surface area (Å²) in [4.78, 5) is 34.6. The molecule has 0 saturated carbocycles. The number of rotatable bonds is 6. The molecular weight excluding hydrogens is 354 g/mol. The van der Waals surface area contributed by atoms with Crippen molar-refractivity contribution in [3.8, 4) is 5.75 Å². The number of hydrogen-bond donors (Lipinski definition) is 3. The van der Waals surface area contributed by atoms with Crippen LogP contribution >= 0.6 is 0 Å². The maximum atomic E-state index is 12.4. The van der Waals surface area contributed by atoms with Gasteiger partial charge >= 0.3 is 5.97 Å². The lowest BCUT2D eigenvalue weighted by Crippen LogP contribution is -2.51. The van der Waals surface area contributed by atoms with Crippen LogP contribution < -0.4 is 10.1 Å². The zero-order valence-electron chi connectivity index (χ0n) is 14.6. The Hall–Kier alpha value is -3.20. The number of H-pyrrole nitrogens is 1. The third-order valence-corrected chi connectivity index (χ3v) is 4.19. The number of aromatic nitrogens is 2. The fourth-order valence-corrected chi connectivity index (χ4v) is 2.71. The maximum absolute atomic E-state index is 12.4. The van der Waals surface area contributed by atoms with Crippen LogP contribution in [-0.2, 0) is 4.74 Å². The molecule has 2 aromatic rings. The van der Waals surface area contributed by atoms with Crippen LogP contribution in [-0.4, -0.2) is 58.3 Å². The minimum atomic E-state index is -1.02. The van der Waals surface area contributed by atoms with Gasteiger partial charge in [0, 0.05) is 13.5 Å². The molecule has 1 aliphatic rings. The van der Waals surface area contributed by atoms with Crippen molar-refractivity contribution in [2.45, 2.75) is 25.5 Å². The molecule has 2 heterocycles. The molecule has 1 aromatic carbocycles. The van der Waals surface area contributed by atoms with Crippen molar-refractivity contribution in [3.63, 3.8) is 0 Å². The topological polar surface area (TPSA) is 131 Å². The molecule has 1 fully saturated rings. The van der Waals surface area contributed by atoms with E-state index in [0.717, 1.165) is 0 Å². The van der Waals surface area contributed by atoms with Crippen LogP contribution in [0.1, 0.15) is 44.7 Å². The van der Waals surface area contributed by atoms with Gasteiger partial charge in [-0.1, -0.05) is 0 Å². The number of aromatic amines is 1. The summed E-state index contributed by atoms with van der Waals surface area (Å²) in [5.74, 6) is -1.16. The average Bonchev–Trinajstić information content (AvgIpc) is 3.14. The lowest BCUT2D eigenvalue weighted by molar-refractivity contribution is -0.0135. The Morgan fingerprint density at radius 3 is 2.67 bits per heavy atom. The second-order valence-corrected chi connectivity index (χ2v) is 6.15. The Bertz CT molecular complexity index is 845. The van der Waals surface area contributed by atoms with Crippen molar-refractivity contribution in [2.24, 2.45) is 0 Å². The number of benzene rings is 1. The predicted octanol–water partition coefficient (Wildman–Crippen LogP) is 1.28. The normalized spacial score (nSPS) is 19.3. The number of ether oxygens (including phenoxy) is 2. The second-order valence-electron chi connectivity index (χ2n) is 6.15. The number of aromatic carboxylic acids is 1. The van der Waals surface area contributed by atoms with Crippen molar-refractivity contribution in [3.05, 3.63) is 47.3 Å². The van der Waals surface area contributed by atoms with E-state index in [1.807, 2.05) is 0 Å². The summed E-state index contributed by atoms with van der Waals surface area (Å²) < 4.78 is 11.3. The standard InChI is InChI=1S/C18H19N3O6/c1-10(22)14-8-15(21-20-14)17(23)19-13-6-7-26-9-16(13)27-12-4-2-11(3-5-12)18(24)25/h2-5,8,13,16H,6-7,9H2,1H3,(H,19,23)(H,20,21)(H,24,25)/t13-,16-/m1/s1. The van der Waals surface area contributed by atoms with E-state index >= 15 is 0 Å². The summed E-state index contributed by atoms with van der Waals surface area (Å²) in [6, 6.07) is 7.11. The highest BCUT2D eigenvalue weighted by atomic mass is 16.5. The number of Topliss-reactive ketones (excluding diaryl/α,β-unsaturated/α-hetero) is 1. The lowest BCUT2D eigenvalue weighted by atomic mass is 10.1. The molecule has 3 rings (SSSR count). The van der Waals surface area contributed by atoms with Gasteiger partial charge in [-0.05, 0) is 36.8 Å². The summed E-state index contributed by atoms with van der Waals surface area (Å²) in [5.41, 5.74) is 0.544. The van der Waals surface area contributed by atoms with Crippen molar-refractivity contribution in [1.29, 1.82) is 0 Å². The van der Waals surface area contributed by atoms with Gasteiger partial charge in [0.25, 0.3) is 5.91 Å². The quantitative estimate of drug-likeness (QED) is 0.650. The summed E-state index contributed by atoms with van der Waals surface area (Å²) >= 11 is 0. The van der Waals surface area contributed by atoms with Gasteiger partial charge in [0.15, 0.2) is 5.78 Å². The van der Waals surface area contributed by atoms with Gasteiger partial charge in [-0.15, -0.1) is 0 Å². The van der Waals surface area contributed by atoms with Gasteiger partial charge in [-0.3, -0.25) is 14.7 Å². The predicted molar refractivity (Wildman–Crippen MR) is 93.1 cm³/mol.